The molecule has 0 aromatic heterocycles. The van der Waals surface area contributed by atoms with Gasteiger partial charge >= 0.3 is 0 Å². The number of halogens is 2. The number of hydrazone groups is 1. The molecule has 0 saturated carbocycles. The summed E-state index contributed by atoms with van der Waals surface area (Å²) in [7, 11) is 0. The van der Waals surface area contributed by atoms with Crippen LogP contribution in [0.15, 0.2) is 76.3 Å². The van der Waals surface area contributed by atoms with Crippen LogP contribution >= 0.6 is 27.5 Å². The first-order valence-corrected chi connectivity index (χ1v) is 10.1. The van der Waals surface area contributed by atoms with E-state index in [2.05, 4.69) is 34.1 Å². The van der Waals surface area contributed by atoms with Crippen LogP contribution in [0, 0.1) is 0 Å². The van der Waals surface area contributed by atoms with Gasteiger partial charge in [0.25, 0.3) is 0 Å². The van der Waals surface area contributed by atoms with Gasteiger partial charge in [0.1, 0.15) is 11.5 Å². The van der Waals surface area contributed by atoms with E-state index in [0.717, 1.165) is 33.5 Å². The van der Waals surface area contributed by atoms with Gasteiger partial charge in [-0.1, -0.05) is 57.9 Å². The third-order valence-corrected chi connectivity index (χ3v) is 5.84. The van der Waals surface area contributed by atoms with Gasteiger partial charge in [0.05, 0.1) is 17.3 Å². The standard InChI is InChI=1S/C22H16BrClN2O2/c23-14-6-9-21-16(10-14)19-12-18(13-4-2-1-3-5-13)25-26(19)22(28-21)17-11-15(24)7-8-20(17)27/h1-11,19,22,27H,12H2/t19-,22+/m0/s1. The Labute approximate surface area is 176 Å². The maximum absolute atomic E-state index is 10.5. The van der Waals surface area contributed by atoms with Gasteiger partial charge in [-0.2, -0.15) is 5.10 Å². The van der Waals surface area contributed by atoms with Crippen molar-refractivity contribution in [2.45, 2.75) is 18.7 Å². The van der Waals surface area contributed by atoms with Crippen molar-refractivity contribution < 1.29 is 9.84 Å². The fraction of sp³-hybridized carbons (Fsp3) is 0.136. The number of ether oxygens (including phenoxy) is 1. The van der Waals surface area contributed by atoms with E-state index in [1.54, 1.807) is 18.2 Å². The number of phenols is 1. The number of aromatic hydroxyl groups is 1. The topological polar surface area (TPSA) is 45.1 Å². The molecule has 4 nitrogen and oxygen atoms in total. The van der Waals surface area contributed by atoms with E-state index < -0.39 is 6.23 Å². The molecule has 1 N–H and O–H groups in total. The van der Waals surface area contributed by atoms with E-state index >= 15 is 0 Å². The van der Waals surface area contributed by atoms with Crippen LogP contribution in [0.5, 0.6) is 11.5 Å². The fourth-order valence-electron chi connectivity index (χ4n) is 3.79. The van der Waals surface area contributed by atoms with Crippen molar-refractivity contribution in [3.8, 4) is 11.5 Å². The molecule has 140 valence electrons. The Hall–Kier alpha value is -2.50. The SMILES string of the molecule is Oc1ccc(Cl)cc1[C@H]1Oc2ccc(Br)cc2[C@@H]2CC(c3ccccc3)=NN12. The van der Waals surface area contributed by atoms with Crippen LogP contribution in [-0.2, 0) is 0 Å². The minimum absolute atomic E-state index is 0.0137. The Bertz CT molecular complexity index is 1090. The molecule has 0 aliphatic carbocycles. The highest BCUT2D eigenvalue weighted by molar-refractivity contribution is 9.10. The lowest BCUT2D eigenvalue weighted by Gasteiger charge is -2.38. The van der Waals surface area contributed by atoms with Gasteiger partial charge in [-0.25, -0.2) is 5.01 Å². The number of hydrogen-bond donors (Lipinski definition) is 1. The maximum Gasteiger partial charge on any atom is 0.217 e. The van der Waals surface area contributed by atoms with Crippen LogP contribution in [0.3, 0.4) is 0 Å². The van der Waals surface area contributed by atoms with Gasteiger partial charge in [0.2, 0.25) is 6.23 Å². The van der Waals surface area contributed by atoms with Crippen molar-refractivity contribution >= 4 is 33.2 Å². The summed E-state index contributed by atoms with van der Waals surface area (Å²) < 4.78 is 7.28. The Kier molecular flexibility index (Phi) is 4.29. The van der Waals surface area contributed by atoms with Gasteiger partial charge in [-0.15, -0.1) is 0 Å². The summed E-state index contributed by atoms with van der Waals surface area (Å²) in [6, 6.07) is 21.1. The monoisotopic (exact) mass is 454 g/mol. The smallest absolute Gasteiger partial charge is 0.217 e. The lowest BCUT2D eigenvalue weighted by atomic mass is 9.96. The van der Waals surface area contributed by atoms with Crippen LogP contribution in [0.25, 0.3) is 0 Å². The van der Waals surface area contributed by atoms with Crippen molar-refractivity contribution in [2.75, 3.05) is 0 Å². The molecule has 0 spiro atoms. The summed E-state index contributed by atoms with van der Waals surface area (Å²) in [6.45, 7) is 0. The van der Waals surface area contributed by atoms with Crippen molar-refractivity contribution in [1.82, 2.24) is 5.01 Å². The minimum Gasteiger partial charge on any atom is -0.507 e. The quantitative estimate of drug-likeness (QED) is 0.511. The van der Waals surface area contributed by atoms with E-state index in [0.29, 0.717) is 10.6 Å². The molecule has 5 rings (SSSR count). The number of benzene rings is 3. The highest BCUT2D eigenvalue weighted by Crippen LogP contribution is 2.49. The molecule has 3 aromatic rings. The molecule has 0 saturated heterocycles. The summed E-state index contributed by atoms with van der Waals surface area (Å²) in [5.74, 6) is 0.926. The minimum atomic E-state index is -0.557. The normalized spacial score (nSPS) is 20.2. The molecule has 0 fully saturated rings. The van der Waals surface area contributed by atoms with Crippen LogP contribution in [0.4, 0.5) is 0 Å². The largest absolute Gasteiger partial charge is 0.507 e. The van der Waals surface area contributed by atoms with Crippen molar-refractivity contribution in [3.05, 3.63) is 92.9 Å². The van der Waals surface area contributed by atoms with Crippen LogP contribution < -0.4 is 4.74 Å². The van der Waals surface area contributed by atoms with Gasteiger partial charge < -0.3 is 9.84 Å². The summed E-state index contributed by atoms with van der Waals surface area (Å²) >= 11 is 9.76. The first-order valence-electron chi connectivity index (χ1n) is 8.96. The van der Waals surface area contributed by atoms with Crippen LogP contribution in [0.1, 0.15) is 35.4 Å². The third kappa shape index (κ3) is 2.95. The Morgan fingerprint density at radius 3 is 2.68 bits per heavy atom. The van der Waals surface area contributed by atoms with Gasteiger partial charge in [0.15, 0.2) is 0 Å². The number of hydrogen-bond acceptors (Lipinski definition) is 4. The molecule has 28 heavy (non-hydrogen) atoms. The molecule has 2 aliphatic rings. The highest BCUT2D eigenvalue weighted by Gasteiger charge is 2.42. The van der Waals surface area contributed by atoms with E-state index in [1.165, 1.54) is 0 Å². The molecule has 2 atom stereocenters. The van der Waals surface area contributed by atoms with Crippen LogP contribution in [0.2, 0.25) is 5.02 Å². The first-order chi connectivity index (χ1) is 13.6. The zero-order valence-electron chi connectivity index (χ0n) is 14.7. The second-order valence-corrected chi connectivity index (χ2v) is 8.22. The van der Waals surface area contributed by atoms with E-state index in [4.69, 9.17) is 21.4 Å². The second kappa shape index (κ2) is 6.83. The molecular weight excluding hydrogens is 440 g/mol. The number of rotatable bonds is 2. The summed E-state index contributed by atoms with van der Waals surface area (Å²) in [6.07, 6.45) is 0.202. The van der Waals surface area contributed by atoms with E-state index in [-0.39, 0.29) is 11.8 Å². The van der Waals surface area contributed by atoms with Crippen molar-refractivity contribution in [3.63, 3.8) is 0 Å². The van der Waals surface area contributed by atoms with E-state index in [1.807, 2.05) is 35.3 Å². The molecule has 0 bridgehead atoms. The predicted molar refractivity (Wildman–Crippen MR) is 113 cm³/mol. The lowest BCUT2D eigenvalue weighted by molar-refractivity contribution is -0.0203. The Balaban J connectivity index is 1.64. The number of fused-ring (bicyclic) bond motifs is 3. The van der Waals surface area contributed by atoms with Gasteiger partial charge in [0, 0.05) is 21.5 Å². The molecular formula is C22H16BrClN2O2. The predicted octanol–water partition coefficient (Wildman–Crippen LogP) is 6.05. The summed E-state index contributed by atoms with van der Waals surface area (Å²) in [5, 5.41) is 17.8. The molecule has 0 radical (unpaired) electrons. The zero-order valence-corrected chi connectivity index (χ0v) is 17.1. The second-order valence-electron chi connectivity index (χ2n) is 6.87. The Morgan fingerprint density at radius 2 is 1.86 bits per heavy atom. The fourth-order valence-corrected chi connectivity index (χ4v) is 4.35. The average molecular weight is 456 g/mol. The van der Waals surface area contributed by atoms with Gasteiger partial charge in [-0.05, 0) is 42.0 Å². The van der Waals surface area contributed by atoms with E-state index in [9.17, 15) is 5.11 Å². The average Bonchev–Trinajstić information content (AvgIpc) is 3.16. The highest BCUT2D eigenvalue weighted by atomic mass is 79.9. The van der Waals surface area contributed by atoms with Crippen molar-refractivity contribution in [2.24, 2.45) is 5.10 Å². The Morgan fingerprint density at radius 1 is 1.04 bits per heavy atom. The number of nitrogens with zero attached hydrogens (tertiary/aromatic N) is 2. The van der Waals surface area contributed by atoms with Crippen LogP contribution in [-0.4, -0.2) is 15.8 Å². The summed E-state index contributed by atoms with van der Waals surface area (Å²) in [5.41, 5.74) is 3.75. The van der Waals surface area contributed by atoms with Crippen molar-refractivity contribution in [1.29, 1.82) is 0 Å². The first kappa shape index (κ1) is 17.6. The summed E-state index contributed by atoms with van der Waals surface area (Å²) in [4.78, 5) is 0. The molecule has 0 unspecified atom stereocenters. The molecule has 0 amide bonds. The molecule has 2 heterocycles. The van der Waals surface area contributed by atoms with Gasteiger partial charge in [-0.3, -0.25) is 0 Å². The lowest BCUT2D eigenvalue weighted by Crippen LogP contribution is -2.33. The third-order valence-electron chi connectivity index (χ3n) is 5.11. The number of phenolic OH excluding ortho intramolecular Hbond substituents is 1. The zero-order chi connectivity index (χ0) is 19.3. The molecule has 3 aromatic carbocycles. The molecule has 6 heteroatoms. The maximum atomic E-state index is 10.5. The molecule has 2 aliphatic heterocycles.